The van der Waals surface area contributed by atoms with E-state index in [2.05, 4.69) is 33.5 Å². The second kappa shape index (κ2) is 4.38. The molecule has 1 fully saturated rings. The summed E-state index contributed by atoms with van der Waals surface area (Å²) in [6.07, 6.45) is 6.76. The molecule has 0 bridgehead atoms. The third kappa shape index (κ3) is 1.85. The average Bonchev–Trinajstić information content (AvgIpc) is 2.93. The molecule has 0 saturated carbocycles. The Morgan fingerprint density at radius 3 is 3.20 bits per heavy atom. The first-order valence-electron chi connectivity index (χ1n) is 7.33. The third-order valence-electron chi connectivity index (χ3n) is 4.63. The van der Waals surface area contributed by atoms with Crippen molar-refractivity contribution in [3.05, 3.63) is 22.8 Å². The Morgan fingerprint density at radius 2 is 2.35 bits per heavy atom. The first kappa shape index (κ1) is 12.0. The number of rotatable bonds is 3. The molecule has 20 heavy (non-hydrogen) atoms. The largest absolute Gasteiger partial charge is 0.349 e. The van der Waals surface area contributed by atoms with E-state index in [9.17, 15) is 4.79 Å². The quantitative estimate of drug-likeness (QED) is 0.833. The van der Waals surface area contributed by atoms with Crippen molar-refractivity contribution < 1.29 is 4.79 Å². The van der Waals surface area contributed by atoms with Crippen molar-refractivity contribution in [2.75, 3.05) is 20.1 Å². The Kier molecular flexibility index (Phi) is 2.63. The van der Waals surface area contributed by atoms with Crippen LogP contribution in [-0.2, 0) is 4.79 Å². The molecule has 0 aromatic rings. The van der Waals surface area contributed by atoms with E-state index in [1.54, 1.807) is 0 Å². The van der Waals surface area contributed by atoms with E-state index < -0.39 is 0 Å². The van der Waals surface area contributed by atoms with Crippen molar-refractivity contribution in [2.45, 2.75) is 31.7 Å². The van der Waals surface area contributed by atoms with Gasteiger partial charge in [0.15, 0.2) is 5.71 Å². The summed E-state index contributed by atoms with van der Waals surface area (Å²) in [4.78, 5) is 14.6. The number of nitrogens with zero attached hydrogens (tertiary/aromatic N) is 3. The van der Waals surface area contributed by atoms with E-state index in [4.69, 9.17) is 0 Å². The summed E-state index contributed by atoms with van der Waals surface area (Å²) in [6, 6.07) is 0.449. The fourth-order valence-corrected chi connectivity index (χ4v) is 3.24. The number of hydrogen-bond donors (Lipinski definition) is 1. The van der Waals surface area contributed by atoms with Crippen LogP contribution in [0, 0.1) is 0 Å². The fraction of sp³-hybridized carbons (Fsp3) is 0.533. The fourth-order valence-electron chi connectivity index (χ4n) is 3.24. The highest BCUT2D eigenvalue weighted by Crippen LogP contribution is 2.43. The molecule has 1 amide bonds. The zero-order valence-electron chi connectivity index (χ0n) is 11.6. The summed E-state index contributed by atoms with van der Waals surface area (Å²) < 4.78 is 0. The first-order valence-corrected chi connectivity index (χ1v) is 7.33. The smallest absolute Gasteiger partial charge is 0.272 e. The number of amides is 1. The zero-order chi connectivity index (χ0) is 13.7. The molecule has 1 N–H and O–H groups in total. The zero-order valence-corrected chi connectivity index (χ0v) is 11.6. The van der Waals surface area contributed by atoms with Crippen LogP contribution in [0.2, 0.25) is 0 Å². The van der Waals surface area contributed by atoms with Gasteiger partial charge in [-0.1, -0.05) is 6.42 Å². The summed E-state index contributed by atoms with van der Waals surface area (Å²) in [5.41, 5.74) is 4.95. The molecular weight excluding hydrogens is 252 g/mol. The number of hydrogen-bond acceptors (Lipinski definition) is 4. The van der Waals surface area contributed by atoms with Gasteiger partial charge in [-0.05, 0) is 43.7 Å². The molecule has 0 spiro atoms. The number of allylic oxidation sites excluding steroid dienone is 3. The van der Waals surface area contributed by atoms with Gasteiger partial charge in [0.25, 0.3) is 5.91 Å². The van der Waals surface area contributed by atoms with E-state index in [0.29, 0.717) is 18.3 Å². The Balaban J connectivity index is 1.36. The van der Waals surface area contributed by atoms with Crippen molar-refractivity contribution in [2.24, 2.45) is 10.2 Å². The molecule has 4 aliphatic rings. The molecule has 4 rings (SSSR count). The lowest BCUT2D eigenvalue weighted by Gasteiger charge is -2.32. The minimum absolute atomic E-state index is 0.0866. The molecule has 2 aliphatic carbocycles. The highest BCUT2D eigenvalue weighted by molar-refractivity contribution is 6.56. The molecule has 5 nitrogen and oxygen atoms in total. The molecule has 1 atom stereocenters. The topological polar surface area (TPSA) is 57.1 Å². The van der Waals surface area contributed by atoms with Crippen LogP contribution in [0.4, 0.5) is 0 Å². The minimum atomic E-state index is -0.0866. The van der Waals surface area contributed by atoms with Gasteiger partial charge in [-0.2, -0.15) is 0 Å². The van der Waals surface area contributed by atoms with Crippen LogP contribution in [0.1, 0.15) is 25.7 Å². The van der Waals surface area contributed by atoms with Crippen LogP contribution in [0.15, 0.2) is 33.0 Å². The highest BCUT2D eigenvalue weighted by Gasteiger charge is 2.40. The highest BCUT2D eigenvalue weighted by atomic mass is 16.2. The van der Waals surface area contributed by atoms with Gasteiger partial charge in [0.1, 0.15) is 0 Å². The molecule has 1 unspecified atom stereocenters. The molecule has 2 heterocycles. The lowest BCUT2D eigenvalue weighted by molar-refractivity contribution is -0.115. The van der Waals surface area contributed by atoms with Gasteiger partial charge in [-0.3, -0.25) is 4.79 Å². The standard InChI is InChI=1S/C15H18N4O/c1-19-5-3-2-4-10(19)8-16-15(20)14-12-7-9-6-11(9)13(12)17-18-14/h7,10H,2-6,8H2,1H3,(H,16,20). The normalized spacial score (nSPS) is 27.6. The number of carbonyl (C=O) groups excluding carboxylic acids is 1. The van der Waals surface area contributed by atoms with Crippen LogP contribution in [0.3, 0.4) is 0 Å². The molecule has 5 heteroatoms. The summed E-state index contributed by atoms with van der Waals surface area (Å²) in [5, 5.41) is 11.2. The average molecular weight is 270 g/mol. The van der Waals surface area contributed by atoms with Crippen LogP contribution in [0.25, 0.3) is 0 Å². The van der Waals surface area contributed by atoms with Gasteiger partial charge in [0.2, 0.25) is 0 Å². The van der Waals surface area contributed by atoms with Gasteiger partial charge in [-0.15, -0.1) is 10.2 Å². The van der Waals surface area contributed by atoms with Crippen molar-refractivity contribution in [1.29, 1.82) is 0 Å². The molecular formula is C15H18N4O. The Bertz CT molecular complexity index is 611. The van der Waals surface area contributed by atoms with Gasteiger partial charge in [0.05, 0.1) is 5.71 Å². The number of likely N-dealkylation sites (N-methyl/N-ethyl adjacent to an activating group) is 1. The number of carbonyl (C=O) groups is 1. The maximum absolute atomic E-state index is 12.3. The van der Waals surface area contributed by atoms with Crippen molar-refractivity contribution >= 4 is 17.3 Å². The molecule has 1 saturated heterocycles. The predicted molar refractivity (Wildman–Crippen MR) is 77.9 cm³/mol. The van der Waals surface area contributed by atoms with Crippen LogP contribution in [-0.4, -0.2) is 48.4 Å². The third-order valence-corrected chi connectivity index (χ3v) is 4.63. The predicted octanol–water partition coefficient (Wildman–Crippen LogP) is 1.04. The van der Waals surface area contributed by atoms with E-state index in [1.807, 2.05) is 0 Å². The number of fused-ring (bicyclic) bond motifs is 2. The molecule has 0 aromatic heterocycles. The SMILES string of the molecule is CN1CCCCC1CNC(=O)C1=NN=C2C1=CC1=C2C1. The van der Waals surface area contributed by atoms with Crippen LogP contribution < -0.4 is 5.32 Å². The Morgan fingerprint density at radius 1 is 1.45 bits per heavy atom. The molecule has 104 valence electrons. The minimum Gasteiger partial charge on any atom is -0.349 e. The van der Waals surface area contributed by atoms with Crippen molar-refractivity contribution in [1.82, 2.24) is 10.2 Å². The van der Waals surface area contributed by atoms with Gasteiger partial charge in [-0.25, -0.2) is 0 Å². The summed E-state index contributed by atoms with van der Waals surface area (Å²) >= 11 is 0. The summed E-state index contributed by atoms with van der Waals surface area (Å²) in [6.45, 7) is 1.82. The monoisotopic (exact) mass is 270 g/mol. The Hall–Kier alpha value is -1.75. The van der Waals surface area contributed by atoms with Crippen LogP contribution >= 0.6 is 0 Å². The van der Waals surface area contributed by atoms with Crippen molar-refractivity contribution in [3.8, 4) is 0 Å². The molecule has 0 aromatic carbocycles. The Labute approximate surface area is 118 Å². The maximum atomic E-state index is 12.3. The number of nitrogens with one attached hydrogen (secondary N) is 1. The van der Waals surface area contributed by atoms with E-state index >= 15 is 0 Å². The van der Waals surface area contributed by atoms with E-state index in [1.165, 1.54) is 24.0 Å². The van der Waals surface area contributed by atoms with Crippen molar-refractivity contribution in [3.63, 3.8) is 0 Å². The number of likely N-dealkylation sites (tertiary alicyclic amines) is 1. The molecule has 0 radical (unpaired) electrons. The van der Waals surface area contributed by atoms with E-state index in [0.717, 1.165) is 30.7 Å². The second-order valence-corrected chi connectivity index (χ2v) is 5.98. The lowest BCUT2D eigenvalue weighted by atomic mass is 10.0. The van der Waals surface area contributed by atoms with Gasteiger partial charge in [0, 0.05) is 24.6 Å². The molecule has 2 aliphatic heterocycles. The first-order chi connectivity index (χ1) is 9.74. The van der Waals surface area contributed by atoms with Crippen LogP contribution in [0.5, 0.6) is 0 Å². The lowest BCUT2D eigenvalue weighted by Crippen LogP contribution is -2.46. The number of piperidine rings is 1. The van der Waals surface area contributed by atoms with E-state index in [-0.39, 0.29) is 5.91 Å². The summed E-state index contributed by atoms with van der Waals surface area (Å²) in [5.74, 6) is -0.0866. The summed E-state index contributed by atoms with van der Waals surface area (Å²) in [7, 11) is 2.13. The maximum Gasteiger partial charge on any atom is 0.272 e. The van der Waals surface area contributed by atoms with Gasteiger partial charge >= 0.3 is 0 Å². The van der Waals surface area contributed by atoms with Gasteiger partial charge < -0.3 is 10.2 Å². The second-order valence-electron chi connectivity index (χ2n) is 5.98.